The first-order valence-corrected chi connectivity index (χ1v) is 10.4. The lowest BCUT2D eigenvalue weighted by atomic mass is 9.51. The van der Waals surface area contributed by atoms with Gasteiger partial charge < -0.3 is 15.2 Å². The van der Waals surface area contributed by atoms with Crippen LogP contribution in [0.2, 0.25) is 0 Å². The van der Waals surface area contributed by atoms with Crippen molar-refractivity contribution in [3.8, 4) is 0 Å². The number of carbonyl (C=O) groups is 2. The summed E-state index contributed by atoms with van der Waals surface area (Å²) in [5.74, 6) is 0.900. The molecule has 2 fully saturated rings. The summed E-state index contributed by atoms with van der Waals surface area (Å²) >= 11 is 0. The van der Waals surface area contributed by atoms with Crippen molar-refractivity contribution < 1.29 is 19.1 Å². The predicted molar refractivity (Wildman–Crippen MR) is 104 cm³/mol. The highest BCUT2D eigenvalue weighted by molar-refractivity contribution is 6.06. The topological polar surface area (TPSA) is 78.6 Å². The van der Waals surface area contributed by atoms with Gasteiger partial charge in [-0.2, -0.15) is 0 Å². The molecular formula is C22H35NO4. The van der Waals surface area contributed by atoms with Crippen molar-refractivity contribution >= 4 is 11.8 Å². The van der Waals surface area contributed by atoms with Crippen LogP contribution in [0.3, 0.4) is 0 Å². The summed E-state index contributed by atoms with van der Waals surface area (Å²) < 4.78 is 10.6. The van der Waals surface area contributed by atoms with E-state index in [1.54, 1.807) is 13.2 Å². The van der Waals surface area contributed by atoms with E-state index in [9.17, 15) is 9.59 Å². The van der Waals surface area contributed by atoms with Crippen LogP contribution in [0.4, 0.5) is 0 Å². The fourth-order valence-electron chi connectivity index (χ4n) is 6.65. The Labute approximate surface area is 163 Å². The normalized spacial score (nSPS) is 41.7. The Hall–Kier alpha value is -1.36. The highest BCUT2D eigenvalue weighted by Crippen LogP contribution is 2.62. The first-order valence-electron chi connectivity index (χ1n) is 10.4. The molecular weight excluding hydrogens is 342 g/mol. The maximum absolute atomic E-state index is 12.5. The molecule has 0 aliphatic heterocycles. The van der Waals surface area contributed by atoms with Gasteiger partial charge >= 0.3 is 5.97 Å². The number of methoxy groups -OCH3 is 2. The molecule has 2 saturated carbocycles. The number of ether oxygens (including phenoxy) is 2. The van der Waals surface area contributed by atoms with Crippen molar-refractivity contribution in [1.82, 2.24) is 0 Å². The van der Waals surface area contributed by atoms with E-state index < -0.39 is 11.9 Å². The fourth-order valence-corrected chi connectivity index (χ4v) is 6.65. The van der Waals surface area contributed by atoms with E-state index in [2.05, 4.69) is 13.8 Å². The lowest BCUT2D eigenvalue weighted by Crippen LogP contribution is -2.49. The van der Waals surface area contributed by atoms with Crippen molar-refractivity contribution in [3.63, 3.8) is 0 Å². The van der Waals surface area contributed by atoms with Crippen LogP contribution in [0.25, 0.3) is 0 Å². The van der Waals surface area contributed by atoms with Gasteiger partial charge in [-0.15, -0.1) is 0 Å². The average Bonchev–Trinajstić information content (AvgIpc) is 3.05. The highest BCUT2D eigenvalue weighted by Gasteiger charge is 2.56. The quantitative estimate of drug-likeness (QED) is 0.586. The number of esters is 1. The molecule has 2 N–H and O–H groups in total. The third-order valence-electron chi connectivity index (χ3n) is 8.05. The standard InChI is InChI=1S/C22H35NO4/c1-21-9-5-6-16(21)14(8-11-23)17(7-10-21)22(2)13-15(20(25)27-4)18(24)12-19(22)26-3/h12,14-17H,5-11,13,23H2,1-4H3/t14?,15?,16-,17?,21-,22+/m0/s1. The largest absolute Gasteiger partial charge is 0.500 e. The highest BCUT2D eigenvalue weighted by atomic mass is 16.5. The molecule has 3 rings (SSSR count). The monoisotopic (exact) mass is 377 g/mol. The van der Waals surface area contributed by atoms with Gasteiger partial charge in [0.1, 0.15) is 11.7 Å². The second kappa shape index (κ2) is 7.57. The molecule has 0 radical (unpaired) electrons. The molecule has 3 unspecified atom stereocenters. The molecule has 5 heteroatoms. The first kappa shape index (κ1) is 20.4. The van der Waals surface area contributed by atoms with E-state index in [1.807, 2.05) is 0 Å². The molecule has 0 heterocycles. The van der Waals surface area contributed by atoms with Gasteiger partial charge in [-0.3, -0.25) is 9.59 Å². The van der Waals surface area contributed by atoms with Gasteiger partial charge in [0.05, 0.1) is 14.2 Å². The molecule has 0 aromatic carbocycles. The minimum absolute atomic E-state index is 0.201. The SMILES string of the molecule is COC(=O)C1C[C@](C)(C2CC[C@]3(C)CCC[C@H]3C2CCN)C(OC)=CC1=O. The Morgan fingerprint density at radius 1 is 1.22 bits per heavy atom. The Kier molecular flexibility index (Phi) is 5.72. The van der Waals surface area contributed by atoms with Crippen LogP contribution in [-0.4, -0.2) is 32.5 Å². The molecule has 0 spiro atoms. The number of carbonyl (C=O) groups excluding carboxylic acids is 2. The minimum atomic E-state index is -0.727. The summed E-state index contributed by atoms with van der Waals surface area (Å²) in [6.07, 6.45) is 9.16. The summed E-state index contributed by atoms with van der Waals surface area (Å²) in [5.41, 5.74) is 6.10. The van der Waals surface area contributed by atoms with Gasteiger partial charge in [0, 0.05) is 11.5 Å². The number of hydrogen-bond acceptors (Lipinski definition) is 5. The van der Waals surface area contributed by atoms with E-state index in [0.717, 1.165) is 18.6 Å². The zero-order valence-electron chi connectivity index (χ0n) is 17.3. The molecule has 27 heavy (non-hydrogen) atoms. The number of fused-ring (bicyclic) bond motifs is 1. The molecule has 3 aliphatic rings. The molecule has 3 aliphatic carbocycles. The van der Waals surface area contributed by atoms with Gasteiger partial charge in [0.15, 0.2) is 5.78 Å². The van der Waals surface area contributed by atoms with Crippen molar-refractivity contribution in [2.45, 2.75) is 58.8 Å². The molecule has 0 aromatic rings. The number of allylic oxidation sites excluding steroid dienone is 2. The van der Waals surface area contributed by atoms with E-state index in [0.29, 0.717) is 36.1 Å². The van der Waals surface area contributed by atoms with Crippen molar-refractivity contribution in [3.05, 3.63) is 11.8 Å². The third-order valence-corrected chi connectivity index (χ3v) is 8.05. The number of ketones is 1. The predicted octanol–water partition coefficient (Wildman–Crippen LogP) is 3.47. The van der Waals surface area contributed by atoms with Gasteiger partial charge in [0.25, 0.3) is 0 Å². The number of hydrogen-bond donors (Lipinski definition) is 1. The van der Waals surface area contributed by atoms with E-state index in [4.69, 9.17) is 15.2 Å². The molecule has 0 aromatic heterocycles. The van der Waals surface area contributed by atoms with Gasteiger partial charge in [-0.1, -0.05) is 20.3 Å². The van der Waals surface area contributed by atoms with Crippen molar-refractivity contribution in [2.24, 2.45) is 40.2 Å². The molecule has 0 bridgehead atoms. The minimum Gasteiger partial charge on any atom is -0.500 e. The maximum atomic E-state index is 12.5. The molecule has 5 nitrogen and oxygen atoms in total. The van der Waals surface area contributed by atoms with Crippen molar-refractivity contribution in [2.75, 3.05) is 20.8 Å². The van der Waals surface area contributed by atoms with E-state index >= 15 is 0 Å². The Balaban J connectivity index is 1.98. The number of nitrogens with two attached hydrogens (primary N) is 1. The van der Waals surface area contributed by atoms with Crippen molar-refractivity contribution in [1.29, 1.82) is 0 Å². The smallest absolute Gasteiger partial charge is 0.316 e. The van der Waals surface area contributed by atoms with Crippen LogP contribution in [0.1, 0.15) is 58.8 Å². The lowest BCUT2D eigenvalue weighted by molar-refractivity contribution is -0.152. The molecule has 6 atom stereocenters. The van der Waals surface area contributed by atoms with Crippen LogP contribution < -0.4 is 5.73 Å². The summed E-state index contributed by atoms with van der Waals surface area (Å²) in [6, 6.07) is 0. The second-order valence-corrected chi connectivity index (χ2v) is 9.35. The Morgan fingerprint density at radius 2 is 1.96 bits per heavy atom. The van der Waals surface area contributed by atoms with Gasteiger partial charge in [-0.25, -0.2) is 0 Å². The molecule has 0 saturated heterocycles. The van der Waals surface area contributed by atoms with Crippen LogP contribution in [-0.2, 0) is 19.1 Å². The second-order valence-electron chi connectivity index (χ2n) is 9.35. The third kappa shape index (κ3) is 3.32. The van der Waals surface area contributed by atoms with Gasteiger partial charge in [0.2, 0.25) is 0 Å². The Morgan fingerprint density at radius 3 is 2.59 bits per heavy atom. The zero-order valence-corrected chi connectivity index (χ0v) is 17.3. The summed E-state index contributed by atoms with van der Waals surface area (Å²) in [6.45, 7) is 5.30. The van der Waals surface area contributed by atoms with Gasteiger partial charge in [-0.05, 0) is 68.2 Å². The lowest BCUT2D eigenvalue weighted by Gasteiger charge is -2.54. The van der Waals surface area contributed by atoms with E-state index in [-0.39, 0.29) is 11.2 Å². The molecule has 152 valence electrons. The first-order chi connectivity index (χ1) is 12.8. The summed E-state index contributed by atoms with van der Waals surface area (Å²) in [5, 5.41) is 0. The van der Waals surface area contributed by atoms with Crippen LogP contribution in [0.5, 0.6) is 0 Å². The summed E-state index contributed by atoms with van der Waals surface area (Å²) in [7, 11) is 2.99. The van der Waals surface area contributed by atoms with Crippen LogP contribution in [0, 0.1) is 34.5 Å². The maximum Gasteiger partial charge on any atom is 0.316 e. The fraction of sp³-hybridized carbons (Fsp3) is 0.818. The van der Waals surface area contributed by atoms with Crippen LogP contribution >= 0.6 is 0 Å². The molecule has 0 amide bonds. The van der Waals surface area contributed by atoms with Crippen LogP contribution in [0.15, 0.2) is 11.8 Å². The number of rotatable bonds is 5. The average molecular weight is 378 g/mol. The Bertz CT molecular complexity index is 630. The zero-order chi connectivity index (χ0) is 19.8. The van der Waals surface area contributed by atoms with E-state index in [1.165, 1.54) is 32.8 Å². The summed E-state index contributed by atoms with van der Waals surface area (Å²) in [4.78, 5) is 24.7.